The van der Waals surface area contributed by atoms with Gasteiger partial charge in [-0.2, -0.15) is 0 Å². The van der Waals surface area contributed by atoms with E-state index in [9.17, 15) is 0 Å². The van der Waals surface area contributed by atoms with E-state index in [1.807, 2.05) is 6.92 Å². The van der Waals surface area contributed by atoms with Gasteiger partial charge in [-0.05, 0) is 20.3 Å². The molecule has 17 heavy (non-hydrogen) atoms. The van der Waals surface area contributed by atoms with Crippen molar-refractivity contribution in [2.75, 3.05) is 30.4 Å². The monoisotopic (exact) mass is 236 g/mol. The molecule has 5 nitrogen and oxygen atoms in total. The molecule has 0 radical (unpaired) electrons. The summed E-state index contributed by atoms with van der Waals surface area (Å²) in [6, 6.07) is 0.365. The van der Waals surface area contributed by atoms with Gasteiger partial charge in [-0.25, -0.2) is 4.98 Å². The summed E-state index contributed by atoms with van der Waals surface area (Å²) in [6.45, 7) is 6.78. The van der Waals surface area contributed by atoms with E-state index in [0.29, 0.717) is 12.0 Å². The molecule has 2 unspecified atom stereocenters. The van der Waals surface area contributed by atoms with E-state index in [1.54, 1.807) is 12.4 Å². The summed E-state index contributed by atoms with van der Waals surface area (Å²) >= 11 is 0. The second kappa shape index (κ2) is 5.82. The molecule has 0 bridgehead atoms. The topological polar surface area (TPSA) is 59.1 Å². The molecule has 2 heterocycles. The molecule has 1 fully saturated rings. The van der Waals surface area contributed by atoms with Gasteiger partial charge >= 0.3 is 0 Å². The first-order valence-corrected chi connectivity index (χ1v) is 6.19. The maximum Gasteiger partial charge on any atom is 0.147 e. The Labute approximate surface area is 102 Å². The van der Waals surface area contributed by atoms with Crippen LogP contribution < -0.4 is 10.6 Å². The van der Waals surface area contributed by atoms with E-state index in [0.717, 1.165) is 37.8 Å². The van der Waals surface area contributed by atoms with E-state index in [-0.39, 0.29) is 0 Å². The zero-order valence-electron chi connectivity index (χ0n) is 10.4. The summed E-state index contributed by atoms with van der Waals surface area (Å²) in [6.07, 6.45) is 4.61. The molecule has 1 aromatic rings. The van der Waals surface area contributed by atoms with Crippen molar-refractivity contribution in [3.63, 3.8) is 0 Å². The summed E-state index contributed by atoms with van der Waals surface area (Å²) in [5.41, 5.74) is 0. The first-order valence-electron chi connectivity index (χ1n) is 6.19. The Bertz CT molecular complexity index is 352. The Morgan fingerprint density at radius 2 is 2.29 bits per heavy atom. The Morgan fingerprint density at radius 3 is 3.00 bits per heavy atom. The fourth-order valence-electron chi connectivity index (χ4n) is 2.00. The quantitative estimate of drug-likeness (QED) is 0.815. The first kappa shape index (κ1) is 12.1. The third-order valence-electron chi connectivity index (χ3n) is 3.04. The molecule has 0 saturated carbocycles. The highest BCUT2D eigenvalue weighted by Gasteiger charge is 2.22. The number of nitrogens with one attached hydrogen (secondary N) is 2. The predicted octanol–water partition coefficient (Wildman–Crippen LogP) is 1.75. The van der Waals surface area contributed by atoms with Crippen LogP contribution in [0.25, 0.3) is 0 Å². The summed E-state index contributed by atoms with van der Waals surface area (Å²) in [5.74, 6) is 2.20. The number of aromatic nitrogens is 2. The number of nitrogens with zero attached hydrogens (tertiary/aromatic N) is 2. The van der Waals surface area contributed by atoms with E-state index in [4.69, 9.17) is 4.74 Å². The van der Waals surface area contributed by atoms with Crippen molar-refractivity contribution in [2.45, 2.75) is 26.3 Å². The second-order valence-corrected chi connectivity index (χ2v) is 4.38. The van der Waals surface area contributed by atoms with Crippen LogP contribution in [0.5, 0.6) is 0 Å². The Kier molecular flexibility index (Phi) is 4.14. The lowest BCUT2D eigenvalue weighted by Gasteiger charge is -2.19. The van der Waals surface area contributed by atoms with Gasteiger partial charge in [-0.3, -0.25) is 4.98 Å². The number of hydrogen-bond donors (Lipinski definition) is 2. The van der Waals surface area contributed by atoms with Crippen LogP contribution in [-0.2, 0) is 4.74 Å². The van der Waals surface area contributed by atoms with Crippen molar-refractivity contribution in [1.82, 2.24) is 9.97 Å². The van der Waals surface area contributed by atoms with Gasteiger partial charge in [0.05, 0.1) is 19.0 Å². The number of hydrogen-bond acceptors (Lipinski definition) is 5. The van der Waals surface area contributed by atoms with Gasteiger partial charge in [-0.1, -0.05) is 0 Å². The van der Waals surface area contributed by atoms with Crippen LogP contribution >= 0.6 is 0 Å². The Morgan fingerprint density at radius 1 is 1.47 bits per heavy atom. The highest BCUT2D eigenvalue weighted by atomic mass is 16.5. The molecule has 1 saturated heterocycles. The van der Waals surface area contributed by atoms with Crippen LogP contribution in [0.1, 0.15) is 20.3 Å². The molecule has 0 aromatic carbocycles. The normalized spacial score (nSPS) is 21.2. The SMILES string of the molecule is CCNc1cncc(NC(C)C2CCOC2)n1. The molecule has 1 aromatic heterocycles. The standard InChI is InChI=1S/C12H20N4O/c1-3-14-11-6-13-7-12(16-11)15-9(2)10-4-5-17-8-10/h6-7,9-10H,3-5,8H2,1-2H3,(H2,14,15,16). The molecule has 94 valence electrons. The van der Waals surface area contributed by atoms with Gasteiger partial charge in [0.2, 0.25) is 0 Å². The van der Waals surface area contributed by atoms with Crippen LogP contribution in [0.3, 0.4) is 0 Å². The summed E-state index contributed by atoms with van der Waals surface area (Å²) in [5, 5.41) is 6.54. The van der Waals surface area contributed by atoms with Crippen LogP contribution in [0.15, 0.2) is 12.4 Å². The molecule has 2 rings (SSSR count). The van der Waals surface area contributed by atoms with Crippen molar-refractivity contribution < 1.29 is 4.74 Å². The minimum absolute atomic E-state index is 0.365. The van der Waals surface area contributed by atoms with Crippen molar-refractivity contribution in [1.29, 1.82) is 0 Å². The van der Waals surface area contributed by atoms with Crippen molar-refractivity contribution in [2.24, 2.45) is 5.92 Å². The van der Waals surface area contributed by atoms with E-state index >= 15 is 0 Å². The fraction of sp³-hybridized carbons (Fsp3) is 0.667. The van der Waals surface area contributed by atoms with Crippen LogP contribution in [0.4, 0.5) is 11.6 Å². The summed E-state index contributed by atoms with van der Waals surface area (Å²) in [7, 11) is 0. The molecular weight excluding hydrogens is 216 g/mol. The fourth-order valence-corrected chi connectivity index (χ4v) is 2.00. The molecule has 2 N–H and O–H groups in total. The van der Waals surface area contributed by atoms with Gasteiger partial charge < -0.3 is 15.4 Å². The maximum atomic E-state index is 5.39. The highest BCUT2D eigenvalue weighted by Crippen LogP contribution is 2.19. The third-order valence-corrected chi connectivity index (χ3v) is 3.04. The van der Waals surface area contributed by atoms with Gasteiger partial charge in [-0.15, -0.1) is 0 Å². The number of ether oxygens (including phenoxy) is 1. The minimum atomic E-state index is 0.365. The lowest BCUT2D eigenvalue weighted by Crippen LogP contribution is -2.26. The molecule has 0 spiro atoms. The second-order valence-electron chi connectivity index (χ2n) is 4.38. The minimum Gasteiger partial charge on any atom is -0.381 e. The van der Waals surface area contributed by atoms with Crippen LogP contribution in [0.2, 0.25) is 0 Å². The smallest absolute Gasteiger partial charge is 0.147 e. The average Bonchev–Trinajstić information content (AvgIpc) is 2.83. The summed E-state index contributed by atoms with van der Waals surface area (Å²) < 4.78 is 5.39. The molecule has 5 heteroatoms. The van der Waals surface area contributed by atoms with Crippen LogP contribution in [-0.4, -0.2) is 35.8 Å². The van der Waals surface area contributed by atoms with E-state index in [1.165, 1.54) is 0 Å². The molecule has 1 aliphatic heterocycles. The van der Waals surface area contributed by atoms with Gasteiger partial charge in [0.1, 0.15) is 11.6 Å². The number of anilines is 2. The largest absolute Gasteiger partial charge is 0.381 e. The maximum absolute atomic E-state index is 5.39. The van der Waals surface area contributed by atoms with Gasteiger partial charge in [0.25, 0.3) is 0 Å². The molecule has 0 aliphatic carbocycles. The van der Waals surface area contributed by atoms with Crippen molar-refractivity contribution in [3.8, 4) is 0 Å². The zero-order chi connectivity index (χ0) is 12.1. The molecular formula is C12H20N4O. The number of rotatable bonds is 5. The predicted molar refractivity (Wildman–Crippen MR) is 68.2 cm³/mol. The van der Waals surface area contributed by atoms with Crippen LogP contribution in [0, 0.1) is 5.92 Å². The van der Waals surface area contributed by atoms with E-state index in [2.05, 4.69) is 27.5 Å². The lowest BCUT2D eigenvalue weighted by atomic mass is 10.0. The van der Waals surface area contributed by atoms with Gasteiger partial charge in [0.15, 0.2) is 0 Å². The van der Waals surface area contributed by atoms with Crippen molar-refractivity contribution in [3.05, 3.63) is 12.4 Å². The first-order chi connectivity index (χ1) is 8.29. The molecule has 0 amide bonds. The lowest BCUT2D eigenvalue weighted by molar-refractivity contribution is 0.183. The third kappa shape index (κ3) is 3.30. The van der Waals surface area contributed by atoms with E-state index < -0.39 is 0 Å². The molecule has 2 atom stereocenters. The Balaban J connectivity index is 1.94. The van der Waals surface area contributed by atoms with Crippen molar-refractivity contribution >= 4 is 11.6 Å². The van der Waals surface area contributed by atoms with Gasteiger partial charge in [0, 0.05) is 25.1 Å². The summed E-state index contributed by atoms with van der Waals surface area (Å²) in [4.78, 5) is 8.61. The average molecular weight is 236 g/mol. The Hall–Kier alpha value is -1.36. The molecule has 1 aliphatic rings. The zero-order valence-corrected chi connectivity index (χ0v) is 10.4. The highest BCUT2D eigenvalue weighted by molar-refractivity contribution is 5.42.